The van der Waals surface area contributed by atoms with Crippen molar-refractivity contribution in [2.24, 2.45) is 0 Å². The molecule has 0 bridgehead atoms. The largest absolute Gasteiger partial charge is 0.449 e. The molecule has 0 saturated heterocycles. The van der Waals surface area contributed by atoms with Gasteiger partial charge in [-0.25, -0.2) is 9.59 Å². The molecule has 0 N–H and O–H groups in total. The quantitative estimate of drug-likeness (QED) is 0.847. The number of nitriles is 1. The average molecular weight is 276 g/mol. The fourth-order valence-corrected chi connectivity index (χ4v) is 1.62. The Kier molecular flexibility index (Phi) is 5.54. The highest BCUT2D eigenvalue weighted by atomic mass is 16.6. The van der Waals surface area contributed by atoms with Gasteiger partial charge < -0.3 is 9.47 Å². The highest BCUT2D eigenvalue weighted by Gasteiger charge is 2.27. The molecule has 20 heavy (non-hydrogen) atoms. The topological polar surface area (TPSA) is 79.6 Å². The first-order chi connectivity index (χ1) is 9.54. The van der Waals surface area contributed by atoms with Gasteiger partial charge in [0, 0.05) is 0 Å². The number of aryl methyl sites for hydroxylation is 1. The predicted molar refractivity (Wildman–Crippen MR) is 72.4 cm³/mol. The first-order valence-corrected chi connectivity index (χ1v) is 6.19. The molecule has 0 fully saturated rings. The standard InChI is InChI=1S/C14H16N2O4/c1-4-19-13(17)16(14(18)20-5-2)12-7-6-11(9-15)8-10(12)3/h6-8H,4-5H2,1-3H3. The zero-order valence-electron chi connectivity index (χ0n) is 11.7. The molecule has 6 heteroatoms. The smallest absolute Gasteiger partial charge is 0.424 e. The fraction of sp³-hybridized carbons (Fsp3) is 0.357. The van der Waals surface area contributed by atoms with Crippen molar-refractivity contribution < 1.29 is 19.1 Å². The lowest BCUT2D eigenvalue weighted by molar-refractivity contribution is 0.140. The first-order valence-electron chi connectivity index (χ1n) is 6.19. The van der Waals surface area contributed by atoms with E-state index in [-0.39, 0.29) is 13.2 Å². The van der Waals surface area contributed by atoms with Gasteiger partial charge in [0.15, 0.2) is 0 Å². The number of hydrogen-bond acceptors (Lipinski definition) is 5. The van der Waals surface area contributed by atoms with Crippen molar-refractivity contribution in [2.75, 3.05) is 18.1 Å². The second-order valence-corrected chi connectivity index (χ2v) is 3.85. The Balaban J connectivity index is 3.20. The second kappa shape index (κ2) is 7.14. The third kappa shape index (κ3) is 3.48. The molecule has 106 valence electrons. The molecule has 2 amide bonds. The Labute approximate surface area is 117 Å². The van der Waals surface area contributed by atoms with Gasteiger partial charge >= 0.3 is 12.2 Å². The highest BCUT2D eigenvalue weighted by Crippen LogP contribution is 2.23. The zero-order valence-corrected chi connectivity index (χ0v) is 11.7. The number of nitrogens with zero attached hydrogens (tertiary/aromatic N) is 2. The van der Waals surface area contributed by atoms with Crippen LogP contribution in [0.4, 0.5) is 15.3 Å². The van der Waals surface area contributed by atoms with Gasteiger partial charge in [0.2, 0.25) is 0 Å². The van der Waals surface area contributed by atoms with Crippen LogP contribution in [-0.4, -0.2) is 25.4 Å². The number of carbonyl (C=O) groups excluding carboxylic acids is 2. The van der Waals surface area contributed by atoms with Gasteiger partial charge in [0.1, 0.15) is 0 Å². The molecule has 0 atom stereocenters. The van der Waals surface area contributed by atoms with Gasteiger partial charge in [-0.05, 0) is 44.5 Å². The van der Waals surface area contributed by atoms with Gasteiger partial charge in [0.05, 0.1) is 30.5 Å². The molecule has 0 spiro atoms. The number of rotatable bonds is 3. The molecule has 6 nitrogen and oxygen atoms in total. The van der Waals surface area contributed by atoms with Gasteiger partial charge in [0.25, 0.3) is 0 Å². The van der Waals surface area contributed by atoms with Gasteiger partial charge in [-0.1, -0.05) is 0 Å². The minimum atomic E-state index is -0.807. The van der Waals surface area contributed by atoms with Crippen molar-refractivity contribution in [1.82, 2.24) is 0 Å². The van der Waals surface area contributed by atoms with E-state index in [1.54, 1.807) is 26.8 Å². The van der Waals surface area contributed by atoms with Crippen LogP contribution in [0.15, 0.2) is 18.2 Å². The van der Waals surface area contributed by atoms with Crippen LogP contribution < -0.4 is 4.90 Å². The van der Waals surface area contributed by atoms with Crippen LogP contribution in [0.2, 0.25) is 0 Å². The molecular weight excluding hydrogens is 260 g/mol. The molecule has 1 aromatic carbocycles. The number of benzene rings is 1. The van der Waals surface area contributed by atoms with Crippen molar-refractivity contribution in [3.05, 3.63) is 29.3 Å². The number of anilines is 1. The average Bonchev–Trinajstić information content (AvgIpc) is 2.41. The number of carbonyl (C=O) groups is 2. The Bertz CT molecular complexity index is 531. The Morgan fingerprint density at radius 2 is 1.75 bits per heavy atom. The van der Waals surface area contributed by atoms with Crippen LogP contribution in [-0.2, 0) is 9.47 Å². The van der Waals surface area contributed by atoms with Crippen molar-refractivity contribution >= 4 is 17.9 Å². The van der Waals surface area contributed by atoms with E-state index in [2.05, 4.69) is 0 Å². The summed E-state index contributed by atoms with van der Waals surface area (Å²) in [5, 5.41) is 8.83. The van der Waals surface area contributed by atoms with Crippen LogP contribution >= 0.6 is 0 Å². The normalized spacial score (nSPS) is 9.50. The minimum absolute atomic E-state index is 0.143. The molecule has 1 rings (SSSR count). The third-order valence-electron chi connectivity index (χ3n) is 2.47. The lowest BCUT2D eigenvalue weighted by Gasteiger charge is -2.21. The maximum absolute atomic E-state index is 11.9. The van der Waals surface area contributed by atoms with Crippen LogP contribution in [0.1, 0.15) is 25.0 Å². The van der Waals surface area contributed by atoms with E-state index in [0.717, 1.165) is 4.90 Å². The molecule has 0 aliphatic carbocycles. The zero-order chi connectivity index (χ0) is 15.1. The maximum atomic E-state index is 11.9. The monoisotopic (exact) mass is 276 g/mol. The van der Waals surface area contributed by atoms with E-state index in [1.807, 2.05) is 6.07 Å². The lowest BCUT2D eigenvalue weighted by atomic mass is 10.1. The molecule has 0 aromatic heterocycles. The predicted octanol–water partition coefficient (Wildman–Crippen LogP) is 2.99. The summed E-state index contributed by atoms with van der Waals surface area (Å²) < 4.78 is 9.72. The number of ether oxygens (including phenoxy) is 2. The summed E-state index contributed by atoms with van der Waals surface area (Å²) in [5.74, 6) is 0. The first kappa shape index (κ1) is 15.5. The summed E-state index contributed by atoms with van der Waals surface area (Å²) >= 11 is 0. The van der Waals surface area contributed by atoms with E-state index in [9.17, 15) is 9.59 Å². The SMILES string of the molecule is CCOC(=O)N(C(=O)OCC)c1ccc(C#N)cc1C. The van der Waals surface area contributed by atoms with Gasteiger partial charge in [-0.3, -0.25) is 0 Å². The summed E-state index contributed by atoms with van der Waals surface area (Å²) in [6, 6.07) is 6.61. The van der Waals surface area contributed by atoms with E-state index < -0.39 is 12.2 Å². The van der Waals surface area contributed by atoms with Crippen LogP contribution in [0.25, 0.3) is 0 Å². The second-order valence-electron chi connectivity index (χ2n) is 3.85. The summed E-state index contributed by atoms with van der Waals surface area (Å²) in [6.45, 7) is 5.27. The molecule has 0 radical (unpaired) electrons. The number of amides is 2. The van der Waals surface area contributed by atoms with Crippen molar-refractivity contribution in [2.45, 2.75) is 20.8 Å². The van der Waals surface area contributed by atoms with Crippen molar-refractivity contribution in [1.29, 1.82) is 5.26 Å². The number of hydrogen-bond donors (Lipinski definition) is 0. The minimum Gasteiger partial charge on any atom is -0.449 e. The van der Waals surface area contributed by atoms with Crippen molar-refractivity contribution in [3.63, 3.8) is 0 Å². The summed E-state index contributed by atoms with van der Waals surface area (Å²) in [6.07, 6.45) is -1.61. The van der Waals surface area contributed by atoms with Gasteiger partial charge in [-0.2, -0.15) is 10.2 Å². The molecule has 0 saturated carbocycles. The molecule has 0 heterocycles. The van der Waals surface area contributed by atoms with Crippen LogP contribution in [0.3, 0.4) is 0 Å². The molecule has 0 aliphatic rings. The Hall–Kier alpha value is -2.55. The summed E-state index contributed by atoms with van der Waals surface area (Å²) in [4.78, 5) is 24.6. The molecular formula is C14H16N2O4. The van der Waals surface area contributed by atoms with Crippen molar-refractivity contribution in [3.8, 4) is 6.07 Å². The summed E-state index contributed by atoms with van der Waals surface area (Å²) in [7, 11) is 0. The lowest BCUT2D eigenvalue weighted by Crippen LogP contribution is -2.38. The summed E-state index contributed by atoms with van der Waals surface area (Å²) in [5.41, 5.74) is 1.38. The van der Waals surface area contributed by atoms with Crippen LogP contribution in [0.5, 0.6) is 0 Å². The Morgan fingerprint density at radius 1 is 1.20 bits per heavy atom. The van der Waals surface area contributed by atoms with Crippen LogP contribution in [0, 0.1) is 18.3 Å². The van der Waals surface area contributed by atoms with E-state index in [0.29, 0.717) is 16.8 Å². The fourth-order valence-electron chi connectivity index (χ4n) is 1.62. The maximum Gasteiger partial charge on any atom is 0.424 e. The highest BCUT2D eigenvalue weighted by molar-refractivity contribution is 6.09. The van der Waals surface area contributed by atoms with E-state index >= 15 is 0 Å². The third-order valence-corrected chi connectivity index (χ3v) is 2.47. The number of imide groups is 1. The molecule has 0 aliphatic heterocycles. The molecule has 1 aromatic rings. The van der Waals surface area contributed by atoms with Gasteiger partial charge in [-0.15, -0.1) is 0 Å². The van der Waals surface area contributed by atoms with E-state index in [1.165, 1.54) is 12.1 Å². The molecule has 0 unspecified atom stereocenters. The Morgan fingerprint density at radius 3 is 2.15 bits per heavy atom. The van der Waals surface area contributed by atoms with E-state index in [4.69, 9.17) is 14.7 Å².